The lowest BCUT2D eigenvalue weighted by Crippen LogP contribution is -2.24. The van der Waals surface area contributed by atoms with Gasteiger partial charge in [-0.05, 0) is 60.2 Å². The normalized spacial score (nSPS) is 14.3. The lowest BCUT2D eigenvalue weighted by atomic mass is 9.88. The fourth-order valence-corrected chi connectivity index (χ4v) is 6.13. The van der Waals surface area contributed by atoms with Crippen LogP contribution in [0.3, 0.4) is 0 Å². The molecular formula is C30H26N6OS. The van der Waals surface area contributed by atoms with Crippen LogP contribution in [-0.4, -0.2) is 31.1 Å². The monoisotopic (exact) mass is 518 g/mol. The fourth-order valence-electron chi connectivity index (χ4n) is 5.48. The summed E-state index contributed by atoms with van der Waals surface area (Å²) < 4.78 is 0. The molecule has 0 aliphatic heterocycles. The third kappa shape index (κ3) is 4.16. The molecule has 3 N–H and O–H groups in total. The third-order valence-electron chi connectivity index (χ3n) is 7.48. The molecule has 1 fully saturated rings. The van der Waals surface area contributed by atoms with Crippen molar-refractivity contribution in [1.29, 1.82) is 0 Å². The molecule has 0 saturated heterocycles. The van der Waals surface area contributed by atoms with Crippen molar-refractivity contribution in [1.82, 2.24) is 25.1 Å². The maximum Gasteiger partial charge on any atom is 0.227 e. The predicted octanol–water partition coefficient (Wildman–Crippen LogP) is 7.42. The SMILES string of the molecule is O=C(Nc1cncc(-c2ccc3[nH]nc(-c4cc5c(-c6ccsc6)nccc5[nH]4)c3c2)c1)C1CCCCC1. The van der Waals surface area contributed by atoms with Crippen LogP contribution in [0.5, 0.6) is 0 Å². The van der Waals surface area contributed by atoms with Crippen LogP contribution in [0.2, 0.25) is 0 Å². The minimum absolute atomic E-state index is 0.101. The zero-order valence-corrected chi connectivity index (χ0v) is 21.5. The van der Waals surface area contributed by atoms with E-state index < -0.39 is 0 Å². The Labute approximate surface area is 223 Å². The lowest BCUT2D eigenvalue weighted by Gasteiger charge is -2.20. The highest BCUT2D eigenvalue weighted by Crippen LogP contribution is 2.35. The third-order valence-corrected chi connectivity index (χ3v) is 8.16. The molecule has 1 amide bonds. The van der Waals surface area contributed by atoms with E-state index in [1.807, 2.05) is 30.6 Å². The smallest absolute Gasteiger partial charge is 0.227 e. The van der Waals surface area contributed by atoms with Crippen LogP contribution >= 0.6 is 11.3 Å². The van der Waals surface area contributed by atoms with E-state index in [2.05, 4.69) is 65.5 Å². The second-order valence-corrected chi connectivity index (χ2v) is 10.7. The van der Waals surface area contributed by atoms with Gasteiger partial charge in [-0.1, -0.05) is 25.3 Å². The number of anilines is 1. The molecule has 5 aromatic heterocycles. The number of aromatic amines is 2. The first-order valence-electron chi connectivity index (χ1n) is 13.0. The Morgan fingerprint density at radius 1 is 0.895 bits per heavy atom. The average molecular weight is 519 g/mol. The molecule has 0 radical (unpaired) electrons. The molecule has 1 saturated carbocycles. The van der Waals surface area contributed by atoms with Gasteiger partial charge in [0.2, 0.25) is 5.91 Å². The number of pyridine rings is 2. The maximum absolute atomic E-state index is 12.8. The van der Waals surface area contributed by atoms with Gasteiger partial charge in [-0.2, -0.15) is 16.4 Å². The number of nitrogens with one attached hydrogen (secondary N) is 3. The number of nitrogens with zero attached hydrogens (tertiary/aromatic N) is 3. The van der Waals surface area contributed by atoms with Gasteiger partial charge in [0, 0.05) is 51.1 Å². The van der Waals surface area contributed by atoms with Gasteiger partial charge in [-0.25, -0.2) is 0 Å². The van der Waals surface area contributed by atoms with E-state index in [0.29, 0.717) is 0 Å². The van der Waals surface area contributed by atoms with Gasteiger partial charge in [0.25, 0.3) is 0 Å². The number of aromatic nitrogens is 5. The quantitative estimate of drug-likeness (QED) is 0.221. The highest BCUT2D eigenvalue weighted by atomic mass is 32.1. The molecule has 5 heterocycles. The Balaban J connectivity index is 1.23. The number of carbonyl (C=O) groups is 1. The van der Waals surface area contributed by atoms with Gasteiger partial charge in [-0.15, -0.1) is 0 Å². The van der Waals surface area contributed by atoms with E-state index >= 15 is 0 Å². The van der Waals surface area contributed by atoms with Gasteiger partial charge in [0.05, 0.1) is 28.8 Å². The van der Waals surface area contributed by atoms with Gasteiger partial charge in [0.15, 0.2) is 0 Å². The molecule has 6 aromatic rings. The summed E-state index contributed by atoms with van der Waals surface area (Å²) in [6, 6.07) is 14.4. The minimum Gasteiger partial charge on any atom is -0.353 e. The van der Waals surface area contributed by atoms with Crippen LogP contribution in [0.15, 0.2) is 71.8 Å². The highest BCUT2D eigenvalue weighted by Gasteiger charge is 2.21. The van der Waals surface area contributed by atoms with Crippen molar-refractivity contribution in [3.63, 3.8) is 0 Å². The van der Waals surface area contributed by atoms with Crippen LogP contribution < -0.4 is 5.32 Å². The van der Waals surface area contributed by atoms with Crippen molar-refractivity contribution in [2.45, 2.75) is 32.1 Å². The second-order valence-electron chi connectivity index (χ2n) is 9.93. The summed E-state index contributed by atoms with van der Waals surface area (Å²) in [6.45, 7) is 0. The number of hydrogen-bond donors (Lipinski definition) is 3. The Bertz CT molecular complexity index is 1760. The van der Waals surface area contributed by atoms with Crippen LogP contribution in [-0.2, 0) is 4.79 Å². The van der Waals surface area contributed by atoms with Crippen molar-refractivity contribution in [2.24, 2.45) is 5.92 Å². The van der Waals surface area contributed by atoms with E-state index in [4.69, 9.17) is 0 Å². The number of rotatable bonds is 5. The van der Waals surface area contributed by atoms with E-state index in [1.165, 1.54) is 6.42 Å². The van der Waals surface area contributed by atoms with E-state index in [0.717, 1.165) is 86.9 Å². The number of hydrogen-bond acceptors (Lipinski definition) is 5. The molecular weight excluding hydrogens is 492 g/mol. The molecule has 8 heteroatoms. The molecule has 38 heavy (non-hydrogen) atoms. The van der Waals surface area contributed by atoms with Crippen molar-refractivity contribution in [3.05, 3.63) is 71.8 Å². The summed E-state index contributed by atoms with van der Waals surface area (Å²) in [5, 5.41) is 17.2. The molecule has 0 spiro atoms. The van der Waals surface area contributed by atoms with E-state index in [-0.39, 0.29) is 11.8 Å². The highest BCUT2D eigenvalue weighted by molar-refractivity contribution is 7.08. The predicted molar refractivity (Wildman–Crippen MR) is 153 cm³/mol. The van der Waals surface area contributed by atoms with Crippen molar-refractivity contribution < 1.29 is 4.79 Å². The van der Waals surface area contributed by atoms with Crippen LogP contribution in [0, 0.1) is 5.92 Å². The fraction of sp³-hybridized carbons (Fsp3) is 0.200. The summed E-state index contributed by atoms with van der Waals surface area (Å²) in [7, 11) is 0. The van der Waals surface area contributed by atoms with Crippen molar-refractivity contribution in [3.8, 4) is 33.8 Å². The summed E-state index contributed by atoms with van der Waals surface area (Å²) >= 11 is 1.66. The number of amides is 1. The number of fused-ring (bicyclic) bond motifs is 2. The van der Waals surface area contributed by atoms with Gasteiger partial charge in [0.1, 0.15) is 5.69 Å². The maximum atomic E-state index is 12.8. The molecule has 7 rings (SSSR count). The molecule has 0 unspecified atom stereocenters. The topological polar surface area (TPSA) is 99.3 Å². The minimum atomic E-state index is 0.101. The second kappa shape index (κ2) is 9.54. The molecule has 0 bridgehead atoms. The Kier molecular flexibility index (Phi) is 5.74. The number of benzene rings is 1. The zero-order valence-electron chi connectivity index (χ0n) is 20.7. The van der Waals surface area contributed by atoms with Crippen molar-refractivity contribution >= 4 is 44.7 Å². The van der Waals surface area contributed by atoms with Crippen LogP contribution in [0.4, 0.5) is 5.69 Å². The molecule has 1 aliphatic rings. The van der Waals surface area contributed by atoms with Gasteiger partial charge < -0.3 is 10.3 Å². The largest absolute Gasteiger partial charge is 0.353 e. The Hall–Kier alpha value is -4.30. The standard InChI is InChI=1S/C30H26N6OS/c37-30(18-4-2-1-3-5-18)33-22-12-21(15-31-16-22)19-6-7-26-23(13-19)29(36-35-26)27-14-24-25(34-27)8-10-32-28(24)20-9-11-38-17-20/h6-18,34H,1-5H2,(H,33,37)(H,35,36). The zero-order chi connectivity index (χ0) is 25.5. The first-order valence-corrected chi connectivity index (χ1v) is 13.9. The first kappa shape index (κ1) is 22.9. The summed E-state index contributed by atoms with van der Waals surface area (Å²) in [5.41, 5.74) is 8.52. The van der Waals surface area contributed by atoms with E-state index in [1.54, 1.807) is 17.5 Å². The molecule has 0 atom stereocenters. The Morgan fingerprint density at radius 2 is 1.79 bits per heavy atom. The first-order chi connectivity index (χ1) is 18.7. The lowest BCUT2D eigenvalue weighted by molar-refractivity contribution is -0.120. The molecule has 1 aliphatic carbocycles. The number of carbonyl (C=O) groups excluding carboxylic acids is 1. The van der Waals surface area contributed by atoms with Gasteiger partial charge >= 0.3 is 0 Å². The van der Waals surface area contributed by atoms with Crippen LogP contribution in [0.25, 0.3) is 55.6 Å². The Morgan fingerprint density at radius 3 is 2.66 bits per heavy atom. The number of H-pyrrole nitrogens is 2. The summed E-state index contributed by atoms with van der Waals surface area (Å²) in [6.07, 6.45) is 10.8. The molecule has 1 aromatic carbocycles. The van der Waals surface area contributed by atoms with Crippen LogP contribution in [0.1, 0.15) is 32.1 Å². The molecule has 7 nitrogen and oxygen atoms in total. The summed E-state index contributed by atoms with van der Waals surface area (Å²) in [4.78, 5) is 25.4. The number of thiophene rings is 1. The average Bonchev–Trinajstić information content (AvgIpc) is 3.73. The summed E-state index contributed by atoms with van der Waals surface area (Å²) in [5.74, 6) is 0.204. The van der Waals surface area contributed by atoms with Crippen molar-refractivity contribution in [2.75, 3.05) is 5.32 Å². The molecule has 188 valence electrons. The van der Waals surface area contributed by atoms with E-state index in [9.17, 15) is 4.79 Å². The van der Waals surface area contributed by atoms with Gasteiger partial charge in [-0.3, -0.25) is 19.9 Å².